The topological polar surface area (TPSA) is 123 Å². The van der Waals surface area contributed by atoms with Crippen LogP contribution in [0.2, 0.25) is 0 Å². The van der Waals surface area contributed by atoms with Crippen molar-refractivity contribution < 1.29 is 14.8 Å². The number of aromatic carboxylic acids is 1. The van der Waals surface area contributed by atoms with Crippen LogP contribution in [0.15, 0.2) is 24.7 Å². The van der Waals surface area contributed by atoms with Gasteiger partial charge in [0.25, 0.3) is 5.69 Å². The Bertz CT molecular complexity index is 682. The van der Waals surface area contributed by atoms with Crippen molar-refractivity contribution in [2.45, 2.75) is 6.42 Å². The number of rotatable bonds is 6. The number of nitrogens with zero attached hydrogens (tertiary/aromatic N) is 4. The molecule has 0 radical (unpaired) electrons. The fourth-order valence-electron chi connectivity index (χ4n) is 1.79. The molecule has 0 fully saturated rings. The van der Waals surface area contributed by atoms with E-state index in [-0.39, 0.29) is 17.1 Å². The molecule has 2 N–H and O–H groups in total. The summed E-state index contributed by atoms with van der Waals surface area (Å²) in [4.78, 5) is 29.0. The number of hydrogen-bond donors (Lipinski definition) is 2. The molecule has 9 heteroatoms. The smallest absolute Gasteiger partial charge is 0.339 e. The first kappa shape index (κ1) is 14.4. The summed E-state index contributed by atoms with van der Waals surface area (Å²) in [6.07, 6.45) is 5.07. The van der Waals surface area contributed by atoms with Gasteiger partial charge in [-0.05, 0) is 0 Å². The van der Waals surface area contributed by atoms with Crippen LogP contribution in [0.25, 0.3) is 0 Å². The van der Waals surface area contributed by atoms with E-state index in [1.54, 1.807) is 6.20 Å². The van der Waals surface area contributed by atoms with E-state index in [1.165, 1.54) is 0 Å². The molecule has 0 unspecified atom stereocenters. The number of carboxylic acids is 1. The molecule has 0 spiro atoms. The van der Waals surface area contributed by atoms with Crippen LogP contribution in [-0.2, 0) is 13.5 Å². The number of imidazole rings is 1. The van der Waals surface area contributed by atoms with Crippen molar-refractivity contribution in [3.05, 3.63) is 46.2 Å². The van der Waals surface area contributed by atoms with Gasteiger partial charge in [0.2, 0.25) is 0 Å². The lowest BCUT2D eigenvalue weighted by Crippen LogP contribution is -2.13. The zero-order valence-electron chi connectivity index (χ0n) is 11.2. The molecular weight excluding hydrogens is 278 g/mol. The van der Waals surface area contributed by atoms with E-state index >= 15 is 0 Å². The van der Waals surface area contributed by atoms with Crippen molar-refractivity contribution >= 4 is 17.5 Å². The Morgan fingerprint density at radius 1 is 1.52 bits per heavy atom. The molecule has 0 aliphatic carbocycles. The fourth-order valence-corrected chi connectivity index (χ4v) is 1.79. The third kappa shape index (κ3) is 3.32. The second-order valence-electron chi connectivity index (χ2n) is 4.28. The average Bonchev–Trinajstić information content (AvgIpc) is 2.84. The first-order valence-corrected chi connectivity index (χ1v) is 6.07. The molecule has 0 saturated carbocycles. The quantitative estimate of drug-likeness (QED) is 0.602. The number of aromatic nitrogens is 3. The highest BCUT2D eigenvalue weighted by Gasteiger charge is 2.17. The van der Waals surface area contributed by atoms with E-state index in [0.29, 0.717) is 13.0 Å². The summed E-state index contributed by atoms with van der Waals surface area (Å²) in [6, 6.07) is 0.985. The third-order valence-electron chi connectivity index (χ3n) is 2.88. The van der Waals surface area contributed by atoms with Gasteiger partial charge in [-0.2, -0.15) is 0 Å². The standard InChI is InChI=1S/C12H13N5O4/c1-16-5-4-13-10(16)2-3-14-11-9(12(18)19)6-8(7-15-11)17(20)21/h4-7H,2-3H2,1H3,(H,14,15)(H,18,19). The van der Waals surface area contributed by atoms with Crippen LogP contribution in [0.5, 0.6) is 0 Å². The molecule has 2 aromatic rings. The van der Waals surface area contributed by atoms with Gasteiger partial charge in [0.15, 0.2) is 0 Å². The minimum absolute atomic E-state index is 0.0994. The molecule has 2 aromatic heterocycles. The van der Waals surface area contributed by atoms with Crippen molar-refractivity contribution in [1.29, 1.82) is 0 Å². The van der Waals surface area contributed by atoms with Gasteiger partial charge in [0, 0.05) is 38.5 Å². The Labute approximate surface area is 119 Å². The lowest BCUT2D eigenvalue weighted by atomic mass is 10.2. The Kier molecular flexibility index (Phi) is 4.12. The molecule has 0 atom stereocenters. The van der Waals surface area contributed by atoms with Crippen LogP contribution in [0.1, 0.15) is 16.2 Å². The van der Waals surface area contributed by atoms with Crippen molar-refractivity contribution in [1.82, 2.24) is 14.5 Å². The van der Waals surface area contributed by atoms with E-state index in [9.17, 15) is 14.9 Å². The molecule has 0 bridgehead atoms. The first-order chi connectivity index (χ1) is 9.99. The molecule has 2 rings (SSSR count). The molecular formula is C12H13N5O4. The maximum atomic E-state index is 11.1. The molecule has 110 valence electrons. The summed E-state index contributed by atoms with van der Waals surface area (Å²) >= 11 is 0. The maximum Gasteiger partial charge on any atom is 0.339 e. The van der Waals surface area contributed by atoms with Crippen molar-refractivity contribution in [2.24, 2.45) is 7.05 Å². The molecule has 2 heterocycles. The van der Waals surface area contributed by atoms with Gasteiger partial charge >= 0.3 is 5.97 Å². The summed E-state index contributed by atoms with van der Waals surface area (Å²) in [5, 5.41) is 22.6. The number of carbonyl (C=O) groups is 1. The number of aryl methyl sites for hydroxylation is 1. The van der Waals surface area contributed by atoms with Gasteiger partial charge in [-0.1, -0.05) is 0 Å². The van der Waals surface area contributed by atoms with Gasteiger partial charge in [-0.15, -0.1) is 0 Å². The minimum atomic E-state index is -1.27. The average molecular weight is 291 g/mol. The Hall–Kier alpha value is -2.97. The van der Waals surface area contributed by atoms with Gasteiger partial charge in [0.1, 0.15) is 23.4 Å². The SMILES string of the molecule is Cn1ccnc1CCNc1ncc([N+](=O)[O-])cc1C(=O)O. The Balaban J connectivity index is 2.10. The maximum absolute atomic E-state index is 11.1. The molecule has 0 aromatic carbocycles. The number of anilines is 1. The third-order valence-corrected chi connectivity index (χ3v) is 2.88. The molecule has 0 amide bonds. The second kappa shape index (κ2) is 5.99. The van der Waals surface area contributed by atoms with Crippen molar-refractivity contribution in [2.75, 3.05) is 11.9 Å². The predicted molar refractivity (Wildman–Crippen MR) is 73.3 cm³/mol. The van der Waals surface area contributed by atoms with Gasteiger partial charge in [-0.25, -0.2) is 14.8 Å². The Morgan fingerprint density at radius 2 is 2.29 bits per heavy atom. The summed E-state index contributed by atoms with van der Waals surface area (Å²) in [6.45, 7) is 0.413. The zero-order valence-corrected chi connectivity index (χ0v) is 11.2. The predicted octanol–water partition coefficient (Wildman–Crippen LogP) is 1.08. The van der Waals surface area contributed by atoms with Gasteiger partial charge < -0.3 is 15.0 Å². The van der Waals surface area contributed by atoms with E-state index in [0.717, 1.165) is 18.1 Å². The van der Waals surface area contributed by atoms with E-state index in [1.807, 2.05) is 17.8 Å². The minimum Gasteiger partial charge on any atom is -0.478 e. The second-order valence-corrected chi connectivity index (χ2v) is 4.28. The molecule has 21 heavy (non-hydrogen) atoms. The number of hydrogen-bond acceptors (Lipinski definition) is 6. The highest BCUT2D eigenvalue weighted by molar-refractivity contribution is 5.93. The lowest BCUT2D eigenvalue weighted by Gasteiger charge is -2.08. The zero-order chi connectivity index (χ0) is 15.4. The molecule has 0 aliphatic rings. The van der Waals surface area contributed by atoms with E-state index in [2.05, 4.69) is 15.3 Å². The summed E-state index contributed by atoms with van der Waals surface area (Å²) in [7, 11) is 1.86. The van der Waals surface area contributed by atoms with Crippen molar-refractivity contribution in [3.8, 4) is 0 Å². The number of carboxylic acid groups (broad SMARTS) is 1. The van der Waals surface area contributed by atoms with Crippen molar-refractivity contribution in [3.63, 3.8) is 0 Å². The fraction of sp³-hybridized carbons (Fsp3) is 0.250. The Morgan fingerprint density at radius 3 is 2.86 bits per heavy atom. The number of nitro groups is 1. The summed E-state index contributed by atoms with van der Waals surface area (Å²) < 4.78 is 1.85. The van der Waals surface area contributed by atoms with Crippen LogP contribution < -0.4 is 5.32 Å². The molecule has 0 saturated heterocycles. The van der Waals surface area contributed by atoms with E-state index in [4.69, 9.17) is 5.11 Å². The largest absolute Gasteiger partial charge is 0.478 e. The van der Waals surface area contributed by atoms with Crippen LogP contribution in [0.4, 0.5) is 11.5 Å². The number of pyridine rings is 1. The normalized spacial score (nSPS) is 10.3. The van der Waals surface area contributed by atoms with Crippen LogP contribution in [0, 0.1) is 10.1 Å². The van der Waals surface area contributed by atoms with Crippen LogP contribution in [-0.4, -0.2) is 37.1 Å². The highest BCUT2D eigenvalue weighted by atomic mass is 16.6. The molecule has 0 aliphatic heterocycles. The van der Waals surface area contributed by atoms with Gasteiger partial charge in [-0.3, -0.25) is 10.1 Å². The summed E-state index contributed by atoms with van der Waals surface area (Å²) in [5.74, 6) is -0.339. The lowest BCUT2D eigenvalue weighted by molar-refractivity contribution is -0.385. The van der Waals surface area contributed by atoms with Crippen LogP contribution >= 0.6 is 0 Å². The highest BCUT2D eigenvalue weighted by Crippen LogP contribution is 2.19. The summed E-state index contributed by atoms with van der Waals surface area (Å²) in [5.41, 5.74) is -0.592. The van der Waals surface area contributed by atoms with E-state index < -0.39 is 10.9 Å². The first-order valence-electron chi connectivity index (χ1n) is 6.07. The monoisotopic (exact) mass is 291 g/mol. The number of nitrogens with one attached hydrogen (secondary N) is 1. The van der Waals surface area contributed by atoms with Gasteiger partial charge in [0.05, 0.1) is 4.92 Å². The van der Waals surface area contributed by atoms with Crippen LogP contribution in [0.3, 0.4) is 0 Å². The molecule has 9 nitrogen and oxygen atoms in total.